The van der Waals surface area contributed by atoms with Gasteiger partial charge in [-0.2, -0.15) is 13.2 Å². The minimum absolute atomic E-state index is 0.00461. The second-order valence-electron chi connectivity index (χ2n) is 9.36. The largest absolute Gasteiger partial charge is 0.416 e. The molecule has 0 saturated heterocycles. The Morgan fingerprint density at radius 2 is 1.76 bits per heavy atom. The monoisotopic (exact) mass is 614 g/mol. The normalized spacial score (nSPS) is 14.9. The van der Waals surface area contributed by atoms with Crippen LogP contribution in [0, 0.1) is 11.6 Å². The summed E-state index contributed by atoms with van der Waals surface area (Å²) in [6.07, 6.45) is -7.98. The van der Waals surface area contributed by atoms with Gasteiger partial charge in [-0.25, -0.2) is 22.4 Å². The number of nitrogens with zero attached hydrogens (tertiary/aromatic N) is 2. The zero-order valence-corrected chi connectivity index (χ0v) is 22.0. The van der Waals surface area contributed by atoms with Crippen molar-refractivity contribution < 1.29 is 40.3 Å². The van der Waals surface area contributed by atoms with Gasteiger partial charge in [0.25, 0.3) is 18.2 Å². The highest BCUT2D eigenvalue weighted by molar-refractivity contribution is 6.31. The molecule has 0 spiro atoms. The van der Waals surface area contributed by atoms with E-state index in [1.54, 1.807) is 0 Å². The van der Waals surface area contributed by atoms with E-state index < -0.39 is 65.5 Å². The molecule has 1 aromatic heterocycles. The predicted octanol–water partition coefficient (Wildman–Crippen LogP) is 6.12. The van der Waals surface area contributed by atoms with Gasteiger partial charge in [-0.15, -0.1) is 0 Å². The molecule has 2 heterocycles. The van der Waals surface area contributed by atoms with E-state index in [1.165, 1.54) is 13.0 Å². The molecule has 4 aromatic rings. The molecule has 0 fully saturated rings. The maximum atomic E-state index is 14.2. The van der Waals surface area contributed by atoms with Gasteiger partial charge in [-0.3, -0.25) is 18.7 Å². The van der Waals surface area contributed by atoms with Crippen LogP contribution in [0.5, 0.6) is 0 Å². The number of halogens is 8. The third-order valence-corrected chi connectivity index (χ3v) is 7.12. The molecule has 0 radical (unpaired) electrons. The lowest BCUT2D eigenvalue weighted by molar-refractivity contribution is -0.137. The maximum absolute atomic E-state index is 14.2. The van der Waals surface area contributed by atoms with Gasteiger partial charge in [-0.1, -0.05) is 11.6 Å². The summed E-state index contributed by atoms with van der Waals surface area (Å²) in [5.74, 6) is -4.17. The van der Waals surface area contributed by atoms with Crippen molar-refractivity contribution in [1.82, 2.24) is 14.5 Å². The summed E-state index contributed by atoms with van der Waals surface area (Å²) in [5.41, 5.74) is -3.88. The number of carbonyl (C=O) groups is 2. The Kier molecular flexibility index (Phi) is 7.29. The first kappa shape index (κ1) is 29.2. The summed E-state index contributed by atoms with van der Waals surface area (Å²) < 4.78 is 96.9. The van der Waals surface area contributed by atoms with E-state index >= 15 is 0 Å². The number of fused-ring (bicyclic) bond motifs is 3. The fourth-order valence-electron chi connectivity index (χ4n) is 5.06. The van der Waals surface area contributed by atoms with E-state index in [2.05, 4.69) is 10.6 Å². The SMILES string of the molecule is CCn1c(=O)n(CC(F)F)c2cc(NC(=O)c3cc(F)cc(C(F)(F)F)c3)c3c(c21)C(=O)N[C@H]3c1cc(F)ccc1Cl. The number of aryl methyl sites for hydroxylation is 1. The van der Waals surface area contributed by atoms with Gasteiger partial charge in [0, 0.05) is 33.9 Å². The minimum atomic E-state index is -4.98. The molecule has 1 aliphatic rings. The molecule has 0 saturated carbocycles. The van der Waals surface area contributed by atoms with Crippen LogP contribution in [0.1, 0.15) is 50.4 Å². The molecular weight excluding hydrogens is 597 g/mol. The number of rotatable bonds is 6. The van der Waals surface area contributed by atoms with Crippen LogP contribution in [0.15, 0.2) is 47.3 Å². The third kappa shape index (κ3) is 4.99. The van der Waals surface area contributed by atoms with Crippen molar-refractivity contribution in [2.75, 3.05) is 5.32 Å². The van der Waals surface area contributed by atoms with Crippen molar-refractivity contribution in [3.05, 3.63) is 97.4 Å². The topological polar surface area (TPSA) is 85.1 Å². The number of hydrogen-bond donors (Lipinski definition) is 2. The Balaban J connectivity index is 1.79. The molecule has 7 nitrogen and oxygen atoms in total. The Labute approximate surface area is 236 Å². The second kappa shape index (κ2) is 10.5. The van der Waals surface area contributed by atoms with E-state index in [0.29, 0.717) is 16.7 Å². The lowest BCUT2D eigenvalue weighted by Gasteiger charge is -2.19. The van der Waals surface area contributed by atoms with Gasteiger partial charge < -0.3 is 10.6 Å². The van der Waals surface area contributed by atoms with Gasteiger partial charge >= 0.3 is 11.9 Å². The summed E-state index contributed by atoms with van der Waals surface area (Å²) in [5, 5.41) is 4.90. The zero-order chi connectivity index (χ0) is 30.7. The third-order valence-electron chi connectivity index (χ3n) is 6.78. The van der Waals surface area contributed by atoms with E-state index in [4.69, 9.17) is 11.6 Å². The molecule has 2 N–H and O–H groups in total. The van der Waals surface area contributed by atoms with E-state index in [-0.39, 0.29) is 51.0 Å². The Morgan fingerprint density at radius 1 is 1.05 bits per heavy atom. The van der Waals surface area contributed by atoms with E-state index in [0.717, 1.165) is 22.8 Å². The zero-order valence-electron chi connectivity index (χ0n) is 21.3. The van der Waals surface area contributed by atoms with Crippen LogP contribution in [0.25, 0.3) is 11.0 Å². The van der Waals surface area contributed by atoms with Crippen LogP contribution in [0.3, 0.4) is 0 Å². The van der Waals surface area contributed by atoms with Crippen LogP contribution in [0.4, 0.5) is 36.4 Å². The van der Waals surface area contributed by atoms with Crippen molar-refractivity contribution in [1.29, 1.82) is 0 Å². The number of carbonyl (C=O) groups excluding carboxylic acids is 2. The summed E-state index contributed by atoms with van der Waals surface area (Å²) in [6, 6.07) is 4.28. The molecule has 3 aromatic carbocycles. The number of anilines is 1. The average Bonchev–Trinajstić information content (AvgIpc) is 3.38. The number of amides is 2. The minimum Gasteiger partial charge on any atom is -0.341 e. The first-order valence-electron chi connectivity index (χ1n) is 12.2. The molecule has 1 atom stereocenters. The molecule has 5 rings (SSSR count). The van der Waals surface area contributed by atoms with E-state index in [9.17, 15) is 45.1 Å². The summed E-state index contributed by atoms with van der Waals surface area (Å²) >= 11 is 6.29. The quantitative estimate of drug-likeness (QED) is 0.257. The fraction of sp³-hybridized carbons (Fsp3) is 0.222. The number of hydrogen-bond acceptors (Lipinski definition) is 3. The standard InChI is InChI=1S/C27H18ClF7N4O3/c1-2-38-23-18(39(26(38)42)10-19(31)32)9-17(36-24(40)11-5-12(27(33,34)35)7-14(30)6-11)20-21(23)25(41)37-22(20)15-8-13(29)3-4-16(15)28/h3-9,19,22H,2,10H2,1H3,(H,36,40)(H,37,41)/t22-/m0/s1. The molecule has 0 bridgehead atoms. The predicted molar refractivity (Wildman–Crippen MR) is 138 cm³/mol. The van der Waals surface area contributed by atoms with Crippen LogP contribution >= 0.6 is 11.6 Å². The fourth-order valence-corrected chi connectivity index (χ4v) is 5.29. The Hall–Kier alpha value is -4.33. The van der Waals surface area contributed by atoms with Crippen LogP contribution in [0.2, 0.25) is 5.02 Å². The highest BCUT2D eigenvalue weighted by Gasteiger charge is 2.39. The van der Waals surface area contributed by atoms with Gasteiger partial charge in [0.1, 0.15) is 11.6 Å². The molecule has 0 unspecified atom stereocenters. The van der Waals surface area contributed by atoms with Crippen LogP contribution in [-0.2, 0) is 19.3 Å². The van der Waals surface area contributed by atoms with Crippen LogP contribution in [-0.4, -0.2) is 27.4 Å². The first-order valence-corrected chi connectivity index (χ1v) is 12.6. The Bertz CT molecular complexity index is 1830. The van der Waals surface area contributed by atoms with Crippen molar-refractivity contribution in [3.8, 4) is 0 Å². The summed E-state index contributed by atoms with van der Waals surface area (Å²) in [4.78, 5) is 39.6. The smallest absolute Gasteiger partial charge is 0.341 e. The molecule has 1 aliphatic heterocycles. The molecule has 15 heteroatoms. The highest BCUT2D eigenvalue weighted by atomic mass is 35.5. The number of imidazole rings is 1. The first-order chi connectivity index (χ1) is 19.7. The summed E-state index contributed by atoms with van der Waals surface area (Å²) in [7, 11) is 0. The van der Waals surface area contributed by atoms with Gasteiger partial charge in [0.2, 0.25) is 0 Å². The Morgan fingerprint density at radius 3 is 2.40 bits per heavy atom. The lowest BCUT2D eigenvalue weighted by Crippen LogP contribution is -2.26. The van der Waals surface area contributed by atoms with Crippen LogP contribution < -0.4 is 16.3 Å². The molecule has 220 valence electrons. The average molecular weight is 615 g/mol. The van der Waals surface area contributed by atoms with Crippen molar-refractivity contribution in [2.24, 2.45) is 0 Å². The number of aromatic nitrogens is 2. The maximum Gasteiger partial charge on any atom is 0.416 e. The van der Waals surface area contributed by atoms with E-state index in [1.807, 2.05) is 0 Å². The molecule has 2 amide bonds. The van der Waals surface area contributed by atoms with Crippen molar-refractivity contribution >= 4 is 40.1 Å². The van der Waals surface area contributed by atoms with Crippen molar-refractivity contribution in [2.45, 2.75) is 38.7 Å². The number of alkyl halides is 5. The summed E-state index contributed by atoms with van der Waals surface area (Å²) in [6.45, 7) is 0.408. The van der Waals surface area contributed by atoms with Crippen molar-refractivity contribution in [3.63, 3.8) is 0 Å². The van der Waals surface area contributed by atoms with Gasteiger partial charge in [0.05, 0.1) is 34.7 Å². The number of nitrogens with one attached hydrogen (secondary N) is 2. The van der Waals surface area contributed by atoms with Gasteiger partial charge in [0.15, 0.2) is 0 Å². The lowest BCUT2D eigenvalue weighted by atomic mass is 9.95. The molecule has 0 aliphatic carbocycles. The molecule has 42 heavy (non-hydrogen) atoms. The number of benzene rings is 3. The molecular formula is C27H18ClF7N4O3. The second-order valence-corrected chi connectivity index (χ2v) is 9.77. The highest BCUT2D eigenvalue weighted by Crippen LogP contribution is 2.43. The van der Waals surface area contributed by atoms with Gasteiger partial charge in [-0.05, 0) is 49.4 Å².